The van der Waals surface area contributed by atoms with Crippen LogP contribution in [0.4, 0.5) is 8.78 Å². The van der Waals surface area contributed by atoms with Crippen molar-refractivity contribution in [2.75, 3.05) is 0 Å². The van der Waals surface area contributed by atoms with Gasteiger partial charge in [-0.2, -0.15) is 0 Å². The van der Waals surface area contributed by atoms with E-state index in [4.69, 9.17) is 0 Å². The largest absolute Gasteiger partial charge is 0.288 e. The molecule has 5 heteroatoms. The van der Waals surface area contributed by atoms with Gasteiger partial charge in [-0.1, -0.05) is 0 Å². The molecule has 0 saturated carbocycles. The molecule has 0 saturated heterocycles. The highest BCUT2D eigenvalue weighted by Crippen LogP contribution is 2.08. The molecular weight excluding hydrogens is 184 g/mol. The lowest BCUT2D eigenvalue weighted by atomic mass is 10.2. The number of amides is 1. The van der Waals surface area contributed by atoms with E-state index in [1.54, 1.807) is 0 Å². The number of benzene rings is 1. The Kier molecular flexibility index (Phi) is 2.54. The highest BCUT2D eigenvalue weighted by Gasteiger charge is 2.06. The maximum absolute atomic E-state index is 12.5. The maximum atomic E-state index is 12.5. The Morgan fingerprint density at radius 1 is 1.25 bits per heavy atom. The van der Waals surface area contributed by atoms with Crippen LogP contribution in [0.1, 0.15) is 10.4 Å². The molecule has 1 aromatic rings. The SMILES string of the molecule is O=C(N=S)c1cc(F)cc(F)c1. The van der Waals surface area contributed by atoms with E-state index in [0.29, 0.717) is 6.07 Å². The van der Waals surface area contributed by atoms with Crippen molar-refractivity contribution in [1.29, 1.82) is 0 Å². The molecule has 12 heavy (non-hydrogen) atoms. The predicted octanol–water partition coefficient (Wildman–Crippen LogP) is 1.84. The summed E-state index contributed by atoms with van der Waals surface area (Å²) in [4.78, 5) is 10.7. The Hall–Kier alpha value is -1.23. The lowest BCUT2D eigenvalue weighted by Crippen LogP contribution is -1.95. The summed E-state index contributed by atoms with van der Waals surface area (Å²) in [6, 6.07) is 2.42. The number of halogens is 2. The van der Waals surface area contributed by atoms with E-state index in [2.05, 4.69) is 16.8 Å². The molecule has 0 aliphatic rings. The highest BCUT2D eigenvalue weighted by atomic mass is 32.1. The van der Waals surface area contributed by atoms with Crippen molar-refractivity contribution in [3.05, 3.63) is 35.4 Å². The predicted molar refractivity (Wildman–Crippen MR) is 40.5 cm³/mol. The number of carbonyl (C=O) groups is 1. The molecular formula is C7H3F2NOS. The second-order valence-electron chi connectivity index (χ2n) is 2.05. The topological polar surface area (TPSA) is 29.4 Å². The number of hydrogen-bond donors (Lipinski definition) is 0. The van der Waals surface area contributed by atoms with Gasteiger partial charge in [-0.3, -0.25) is 4.79 Å². The molecule has 2 nitrogen and oxygen atoms in total. The van der Waals surface area contributed by atoms with Crippen LogP contribution in [0, 0.1) is 11.6 Å². The lowest BCUT2D eigenvalue weighted by molar-refractivity contribution is 0.100. The van der Waals surface area contributed by atoms with Gasteiger partial charge in [-0.25, -0.2) is 8.78 Å². The van der Waals surface area contributed by atoms with Gasteiger partial charge in [0.25, 0.3) is 5.91 Å². The first kappa shape index (κ1) is 8.86. The van der Waals surface area contributed by atoms with Crippen molar-refractivity contribution in [1.82, 2.24) is 0 Å². The van der Waals surface area contributed by atoms with Gasteiger partial charge in [0.1, 0.15) is 11.6 Å². The third-order valence-corrected chi connectivity index (χ3v) is 1.36. The van der Waals surface area contributed by atoms with Crippen molar-refractivity contribution < 1.29 is 13.6 Å². The van der Waals surface area contributed by atoms with Crippen LogP contribution in [0.2, 0.25) is 0 Å². The fourth-order valence-electron chi connectivity index (χ4n) is 0.730. The third kappa shape index (κ3) is 1.88. The standard InChI is InChI=1S/C7H3F2NOS/c8-5-1-4(7(11)10-12)2-6(9)3-5/h1-3H. The van der Waals surface area contributed by atoms with Gasteiger partial charge in [0.2, 0.25) is 0 Å². The molecule has 0 heterocycles. The number of nitrogens with zero attached hydrogens (tertiary/aromatic N) is 1. The first-order chi connectivity index (χ1) is 5.63. The average Bonchev–Trinajstić information content (AvgIpc) is 2.01. The Bertz CT molecular complexity index is 320. The summed E-state index contributed by atoms with van der Waals surface area (Å²) in [6.45, 7) is 0. The van der Waals surface area contributed by atoms with Crippen LogP contribution >= 0.6 is 0 Å². The molecule has 0 atom stereocenters. The van der Waals surface area contributed by atoms with Gasteiger partial charge in [0.15, 0.2) is 0 Å². The summed E-state index contributed by atoms with van der Waals surface area (Å²) in [7, 11) is 0. The van der Waals surface area contributed by atoms with Crippen LogP contribution in [0.15, 0.2) is 22.6 Å². The molecule has 62 valence electrons. The zero-order chi connectivity index (χ0) is 9.14. The zero-order valence-corrected chi connectivity index (χ0v) is 6.57. The summed E-state index contributed by atoms with van der Waals surface area (Å²) in [5.74, 6) is -2.46. The fourth-order valence-corrected chi connectivity index (χ4v) is 0.835. The van der Waals surface area contributed by atoms with Crippen LogP contribution in [-0.4, -0.2) is 5.91 Å². The smallest absolute Gasteiger partial charge is 0.266 e. The summed E-state index contributed by atoms with van der Waals surface area (Å²) < 4.78 is 27.8. The summed E-state index contributed by atoms with van der Waals surface area (Å²) in [5, 5.41) is 0. The molecule has 0 N–H and O–H groups in total. The van der Waals surface area contributed by atoms with Crippen molar-refractivity contribution in [3.63, 3.8) is 0 Å². The third-order valence-electron chi connectivity index (χ3n) is 1.19. The molecule has 1 amide bonds. The Balaban J connectivity index is 3.17. The van der Waals surface area contributed by atoms with E-state index in [1.165, 1.54) is 0 Å². The monoisotopic (exact) mass is 187 g/mol. The van der Waals surface area contributed by atoms with Crippen molar-refractivity contribution >= 4 is 18.3 Å². The number of hydrogen-bond acceptors (Lipinski definition) is 2. The molecule has 1 rings (SSSR count). The molecule has 0 aromatic heterocycles. The van der Waals surface area contributed by atoms with Gasteiger partial charge < -0.3 is 0 Å². The van der Waals surface area contributed by atoms with E-state index in [-0.39, 0.29) is 5.56 Å². The van der Waals surface area contributed by atoms with E-state index >= 15 is 0 Å². The van der Waals surface area contributed by atoms with Crippen LogP contribution in [-0.2, 0) is 12.4 Å². The average molecular weight is 187 g/mol. The van der Waals surface area contributed by atoms with Gasteiger partial charge in [0, 0.05) is 24.1 Å². The molecule has 0 aliphatic carbocycles. The Labute approximate surface area is 72.4 Å². The molecule has 0 aliphatic heterocycles. The molecule has 0 spiro atoms. The Morgan fingerprint density at radius 2 is 1.75 bits per heavy atom. The van der Waals surface area contributed by atoms with Crippen molar-refractivity contribution in [3.8, 4) is 0 Å². The van der Waals surface area contributed by atoms with Gasteiger partial charge in [-0.15, -0.1) is 4.36 Å². The second kappa shape index (κ2) is 3.44. The van der Waals surface area contributed by atoms with Gasteiger partial charge >= 0.3 is 0 Å². The lowest BCUT2D eigenvalue weighted by Gasteiger charge is -1.94. The normalized spacial score (nSPS) is 9.50. The Morgan fingerprint density at radius 3 is 2.17 bits per heavy atom. The van der Waals surface area contributed by atoms with Gasteiger partial charge in [-0.05, 0) is 12.1 Å². The van der Waals surface area contributed by atoms with Crippen LogP contribution < -0.4 is 0 Å². The van der Waals surface area contributed by atoms with Crippen LogP contribution in [0.3, 0.4) is 0 Å². The van der Waals surface area contributed by atoms with Crippen LogP contribution in [0.25, 0.3) is 0 Å². The zero-order valence-electron chi connectivity index (χ0n) is 5.75. The first-order valence-electron chi connectivity index (χ1n) is 2.97. The quantitative estimate of drug-likeness (QED) is 0.671. The van der Waals surface area contributed by atoms with E-state index in [9.17, 15) is 13.6 Å². The second-order valence-corrected chi connectivity index (χ2v) is 2.24. The van der Waals surface area contributed by atoms with E-state index < -0.39 is 17.5 Å². The van der Waals surface area contributed by atoms with E-state index in [1.807, 2.05) is 0 Å². The number of rotatable bonds is 1. The van der Waals surface area contributed by atoms with Crippen molar-refractivity contribution in [2.24, 2.45) is 4.36 Å². The minimum atomic E-state index is -0.822. The van der Waals surface area contributed by atoms with Crippen molar-refractivity contribution in [2.45, 2.75) is 0 Å². The summed E-state index contributed by atoms with van der Waals surface area (Å²) >= 11 is 4.07. The molecule has 0 bridgehead atoms. The maximum Gasteiger partial charge on any atom is 0.288 e. The summed E-state index contributed by atoms with van der Waals surface area (Å²) in [5.41, 5.74) is -0.178. The molecule has 0 fully saturated rings. The van der Waals surface area contributed by atoms with Crippen LogP contribution in [0.5, 0.6) is 0 Å². The molecule has 0 unspecified atom stereocenters. The fraction of sp³-hybridized carbons (Fsp3) is 0. The van der Waals surface area contributed by atoms with E-state index in [0.717, 1.165) is 12.1 Å². The highest BCUT2D eigenvalue weighted by molar-refractivity contribution is 7.47. The number of carbonyl (C=O) groups excluding carboxylic acids is 1. The first-order valence-corrected chi connectivity index (χ1v) is 3.34. The molecule has 1 aromatic carbocycles. The minimum Gasteiger partial charge on any atom is -0.266 e. The summed E-state index contributed by atoms with van der Waals surface area (Å²) in [6.07, 6.45) is 0. The molecule has 0 radical (unpaired) electrons. The van der Waals surface area contributed by atoms with Gasteiger partial charge in [0.05, 0.1) is 0 Å². The minimum absolute atomic E-state index is 0.178.